The molecule has 0 N–H and O–H groups in total. The highest BCUT2D eigenvalue weighted by Gasteiger charge is 2.54. The van der Waals surface area contributed by atoms with Crippen molar-refractivity contribution in [2.75, 3.05) is 39.6 Å². The quantitative estimate of drug-likeness (QED) is 0.0446. The molecule has 21 nitrogen and oxygen atoms in total. The minimum atomic E-state index is -2.03. The van der Waals surface area contributed by atoms with E-state index in [-0.39, 0.29) is 39.5 Å². The Kier molecular flexibility index (Phi) is 32.7. The summed E-state index contributed by atoms with van der Waals surface area (Å²) < 4.78 is 59.8. The van der Waals surface area contributed by atoms with E-state index in [1.54, 1.807) is 0 Å². The minimum Gasteiger partial charge on any atom is -0.466 e. The van der Waals surface area contributed by atoms with E-state index in [9.17, 15) is 47.9 Å². The van der Waals surface area contributed by atoms with Gasteiger partial charge in [0.15, 0.2) is 12.2 Å². The fraction of sp³-hybridized carbons (Fsp3) is 0.783. The average molecular weight is 961 g/mol. The summed E-state index contributed by atoms with van der Waals surface area (Å²) in [7, 11) is 0. The predicted octanol–water partition coefficient (Wildman–Crippen LogP) is 5.15. The van der Waals surface area contributed by atoms with Gasteiger partial charge < -0.3 is 52.1 Å². The molecule has 0 unspecified atom stereocenters. The van der Waals surface area contributed by atoms with E-state index >= 15 is 0 Å². The Labute approximate surface area is 392 Å². The Morgan fingerprint density at radius 3 is 0.881 bits per heavy atom. The zero-order valence-electron chi connectivity index (χ0n) is 39.8. The third-order valence-corrected chi connectivity index (χ3v) is 9.52. The maximum absolute atomic E-state index is 13.6. The second-order valence-corrected chi connectivity index (χ2v) is 15.4. The van der Waals surface area contributed by atoms with Crippen LogP contribution in [-0.2, 0) is 100 Å². The Bertz CT molecular complexity index is 1540. The summed E-state index contributed by atoms with van der Waals surface area (Å²) in [5, 5.41) is 0. The molecule has 5 atom stereocenters. The lowest BCUT2D eigenvalue weighted by atomic mass is 9.97. The molecule has 0 aromatic rings. The molecule has 1 aliphatic heterocycles. The monoisotopic (exact) mass is 960 g/mol. The van der Waals surface area contributed by atoms with Gasteiger partial charge in [-0.25, -0.2) is 0 Å². The van der Waals surface area contributed by atoms with Crippen LogP contribution in [0.1, 0.15) is 163 Å². The van der Waals surface area contributed by atoms with Crippen molar-refractivity contribution in [3.63, 3.8) is 0 Å². The number of rotatable bonds is 36. The largest absolute Gasteiger partial charge is 0.466 e. The SMILES string of the molecule is CCCCOC(=O)CCC(=O)OC[C@H]1O[C@@H](OC(=O)CCC(=O)OCCCC)[C@H](OC(=O)CCC(=O)OCCCC)[C@@H](OC(=O)CCC(=O)OCCCC)[C@@H]1OC(=O)CCC(=O)OCCCC. The van der Waals surface area contributed by atoms with Crippen LogP contribution in [0.3, 0.4) is 0 Å². The van der Waals surface area contributed by atoms with Crippen molar-refractivity contribution in [2.45, 2.75) is 194 Å². The molecule has 67 heavy (non-hydrogen) atoms. The molecule has 0 aromatic carbocycles. The number of carbonyl (C=O) groups excluding carboxylic acids is 10. The fourth-order valence-electron chi connectivity index (χ4n) is 5.61. The molecular weight excluding hydrogens is 888 g/mol. The van der Waals surface area contributed by atoms with E-state index in [0.29, 0.717) is 32.1 Å². The van der Waals surface area contributed by atoms with E-state index in [2.05, 4.69) is 0 Å². The number of unbranched alkanes of at least 4 members (excludes halogenated alkanes) is 5. The van der Waals surface area contributed by atoms with Crippen LogP contribution in [0.25, 0.3) is 0 Å². The summed E-state index contributed by atoms with van der Waals surface area (Å²) in [6.07, 6.45) is -7.80. The van der Waals surface area contributed by atoms with Crippen LogP contribution in [-0.4, -0.2) is 130 Å². The summed E-state index contributed by atoms with van der Waals surface area (Å²) in [5.74, 6) is -8.92. The number of hydrogen-bond acceptors (Lipinski definition) is 21. The molecule has 0 amide bonds. The highest BCUT2D eigenvalue weighted by molar-refractivity contribution is 5.80. The molecule has 0 aliphatic carbocycles. The Morgan fingerprint density at radius 2 is 0.567 bits per heavy atom. The molecule has 0 aromatic heterocycles. The molecule has 0 radical (unpaired) electrons. The Morgan fingerprint density at radius 1 is 0.313 bits per heavy atom. The van der Waals surface area contributed by atoms with Crippen LogP contribution in [0.2, 0.25) is 0 Å². The molecule has 0 bridgehead atoms. The highest BCUT2D eigenvalue weighted by atomic mass is 16.7. The van der Waals surface area contributed by atoms with Gasteiger partial charge in [-0.15, -0.1) is 0 Å². The first-order valence-corrected chi connectivity index (χ1v) is 23.5. The third-order valence-electron chi connectivity index (χ3n) is 9.52. The lowest BCUT2D eigenvalue weighted by molar-refractivity contribution is -0.301. The van der Waals surface area contributed by atoms with Crippen LogP contribution >= 0.6 is 0 Å². The van der Waals surface area contributed by atoms with Crippen molar-refractivity contribution in [1.82, 2.24) is 0 Å². The van der Waals surface area contributed by atoms with Gasteiger partial charge in [-0.3, -0.25) is 47.9 Å². The molecule has 1 rings (SSSR count). The normalized spacial score (nSPS) is 17.5. The number of ether oxygens (including phenoxy) is 11. The maximum Gasteiger partial charge on any atom is 0.308 e. The lowest BCUT2D eigenvalue weighted by Crippen LogP contribution is -2.63. The average Bonchev–Trinajstić information content (AvgIpc) is 3.29. The number of esters is 10. The van der Waals surface area contributed by atoms with Gasteiger partial charge in [0.2, 0.25) is 12.4 Å². The first kappa shape index (κ1) is 59.7. The summed E-state index contributed by atoms with van der Waals surface area (Å²) in [6, 6.07) is 0. The first-order chi connectivity index (χ1) is 32.2. The molecular formula is C46H72O21. The standard InChI is InChI=1S/C46H72O21/c1-6-11-26-57-33(47)16-17-38(52)62-31-32-43(64-39(53)22-18-34(48)58-27-12-7-2)44(65-40(54)23-19-35(49)59-28-13-8-3)45(66-41(55)24-20-36(50)60-29-14-9-4)46(63-32)67-42(56)25-21-37(51)61-30-15-10-5/h32,43-46H,6-31H2,1-5H3/t32-,43-,44+,45-,46+/m1/s1. The van der Waals surface area contributed by atoms with E-state index in [1.807, 2.05) is 34.6 Å². The highest BCUT2D eigenvalue weighted by Crippen LogP contribution is 2.31. The fourth-order valence-corrected chi connectivity index (χ4v) is 5.61. The van der Waals surface area contributed by atoms with Crippen molar-refractivity contribution >= 4 is 59.7 Å². The zero-order chi connectivity index (χ0) is 49.8. The van der Waals surface area contributed by atoms with Crippen LogP contribution in [0.15, 0.2) is 0 Å². The van der Waals surface area contributed by atoms with Crippen LogP contribution in [0.4, 0.5) is 0 Å². The molecule has 0 saturated carbocycles. The topological polar surface area (TPSA) is 272 Å². The zero-order valence-corrected chi connectivity index (χ0v) is 39.8. The molecule has 1 fully saturated rings. The van der Waals surface area contributed by atoms with Crippen molar-refractivity contribution < 1.29 is 100 Å². The Balaban J connectivity index is 3.68. The van der Waals surface area contributed by atoms with Crippen molar-refractivity contribution in [3.05, 3.63) is 0 Å². The smallest absolute Gasteiger partial charge is 0.308 e. The van der Waals surface area contributed by atoms with Gasteiger partial charge in [0.25, 0.3) is 0 Å². The van der Waals surface area contributed by atoms with Gasteiger partial charge in [0.05, 0.1) is 97.2 Å². The third kappa shape index (κ3) is 28.4. The second kappa shape index (κ2) is 36.7. The van der Waals surface area contributed by atoms with E-state index < -0.39 is 155 Å². The van der Waals surface area contributed by atoms with E-state index in [4.69, 9.17) is 52.1 Å². The lowest BCUT2D eigenvalue weighted by Gasteiger charge is -2.44. The van der Waals surface area contributed by atoms with Gasteiger partial charge in [0, 0.05) is 0 Å². The van der Waals surface area contributed by atoms with Gasteiger partial charge in [-0.05, 0) is 32.1 Å². The molecule has 0 spiro atoms. The van der Waals surface area contributed by atoms with Crippen LogP contribution in [0.5, 0.6) is 0 Å². The molecule has 1 saturated heterocycles. The van der Waals surface area contributed by atoms with Gasteiger partial charge >= 0.3 is 59.7 Å². The van der Waals surface area contributed by atoms with Gasteiger partial charge in [-0.2, -0.15) is 0 Å². The summed E-state index contributed by atoms with van der Waals surface area (Å²) in [5.41, 5.74) is 0. The number of carbonyl (C=O) groups is 10. The molecule has 382 valence electrons. The first-order valence-electron chi connectivity index (χ1n) is 23.5. The van der Waals surface area contributed by atoms with Gasteiger partial charge in [0.1, 0.15) is 12.7 Å². The summed E-state index contributed by atoms with van der Waals surface area (Å²) in [6.45, 7) is 9.23. The van der Waals surface area contributed by atoms with Crippen molar-refractivity contribution in [3.8, 4) is 0 Å². The molecule has 1 aliphatic rings. The maximum atomic E-state index is 13.6. The van der Waals surface area contributed by atoms with Crippen LogP contribution in [0, 0.1) is 0 Å². The van der Waals surface area contributed by atoms with Crippen molar-refractivity contribution in [2.24, 2.45) is 0 Å². The molecule has 1 heterocycles. The number of hydrogen-bond donors (Lipinski definition) is 0. The Hall–Kier alpha value is -5.34. The predicted molar refractivity (Wildman–Crippen MR) is 231 cm³/mol. The summed E-state index contributed by atoms with van der Waals surface area (Å²) >= 11 is 0. The summed E-state index contributed by atoms with van der Waals surface area (Å²) in [4.78, 5) is 129. The van der Waals surface area contributed by atoms with E-state index in [1.165, 1.54) is 0 Å². The van der Waals surface area contributed by atoms with Crippen molar-refractivity contribution in [1.29, 1.82) is 0 Å². The minimum absolute atomic E-state index is 0.0998. The van der Waals surface area contributed by atoms with Crippen LogP contribution < -0.4 is 0 Å². The van der Waals surface area contributed by atoms with Gasteiger partial charge in [-0.1, -0.05) is 66.7 Å². The second-order valence-electron chi connectivity index (χ2n) is 15.4. The van der Waals surface area contributed by atoms with E-state index in [0.717, 1.165) is 32.1 Å². The molecule has 21 heteroatoms.